The molecule has 0 aliphatic heterocycles. The summed E-state index contributed by atoms with van der Waals surface area (Å²) in [5.41, 5.74) is -0.434. The highest BCUT2D eigenvalue weighted by Gasteiger charge is 2.31. The molecule has 0 aliphatic carbocycles. The topological polar surface area (TPSA) is 25.8 Å². The van der Waals surface area contributed by atoms with Crippen LogP contribution < -0.4 is 0 Å². The van der Waals surface area contributed by atoms with Crippen LogP contribution in [0, 0.1) is 0 Å². The van der Waals surface area contributed by atoms with Gasteiger partial charge in [-0.25, -0.2) is 0 Å². The molecule has 0 unspecified atom stereocenters. The van der Waals surface area contributed by atoms with E-state index in [0.29, 0.717) is 16.5 Å². The first-order valence-corrected chi connectivity index (χ1v) is 5.53. The zero-order valence-electron chi connectivity index (χ0n) is 10.3. The van der Waals surface area contributed by atoms with Crippen LogP contribution in [0.15, 0.2) is 24.4 Å². The number of alkyl halides is 3. The average Bonchev–Trinajstić information content (AvgIpc) is 2.25. The normalized spacial score (nSPS) is 13.0. The summed E-state index contributed by atoms with van der Waals surface area (Å²) in [6, 6.07) is 3.64. The van der Waals surface area contributed by atoms with Crippen LogP contribution in [0.4, 0.5) is 13.2 Å². The molecule has 2 nitrogen and oxygen atoms in total. The van der Waals surface area contributed by atoms with Gasteiger partial charge in [0.1, 0.15) is 0 Å². The fraction of sp³-hybridized carbons (Fsp3) is 0.385. The highest BCUT2D eigenvalue weighted by Crippen LogP contribution is 2.34. The number of hydrogen-bond donors (Lipinski definition) is 0. The van der Waals surface area contributed by atoms with E-state index in [9.17, 15) is 13.2 Å². The van der Waals surface area contributed by atoms with Crippen LogP contribution in [0.25, 0.3) is 10.8 Å². The molecular weight excluding hydrogens is 241 g/mol. The maximum atomic E-state index is 12.7. The Morgan fingerprint density at radius 1 is 1.06 bits per heavy atom. The van der Waals surface area contributed by atoms with Gasteiger partial charge in [0.25, 0.3) is 0 Å². The predicted octanol–water partition coefficient (Wildman–Crippen LogP) is 3.95. The Morgan fingerprint density at radius 2 is 1.72 bits per heavy atom. The van der Waals surface area contributed by atoms with Crippen molar-refractivity contribution in [2.24, 2.45) is 0 Å². The summed E-state index contributed by atoms with van der Waals surface area (Å²) in [4.78, 5) is 0. The minimum absolute atomic E-state index is 0.350. The molecule has 2 rings (SSSR count). The second kappa shape index (κ2) is 3.93. The predicted molar refractivity (Wildman–Crippen MR) is 63.2 cm³/mol. The van der Waals surface area contributed by atoms with Crippen molar-refractivity contribution in [3.63, 3.8) is 0 Å². The number of halogens is 3. The quantitative estimate of drug-likeness (QED) is 0.711. The highest BCUT2D eigenvalue weighted by molar-refractivity contribution is 5.85. The zero-order valence-corrected chi connectivity index (χ0v) is 10.3. The highest BCUT2D eigenvalue weighted by atomic mass is 19.4. The largest absolute Gasteiger partial charge is 0.416 e. The fourth-order valence-corrected chi connectivity index (χ4v) is 1.81. The van der Waals surface area contributed by atoms with Crippen molar-refractivity contribution in [3.8, 4) is 0 Å². The van der Waals surface area contributed by atoms with Crippen LogP contribution in [0.1, 0.15) is 32.0 Å². The van der Waals surface area contributed by atoms with Crippen LogP contribution >= 0.6 is 0 Å². The molecule has 0 amide bonds. The van der Waals surface area contributed by atoms with Gasteiger partial charge in [0.05, 0.1) is 17.5 Å². The lowest BCUT2D eigenvalue weighted by Gasteiger charge is -2.19. The number of benzene rings is 1. The Bertz CT molecular complexity index is 583. The second-order valence-electron chi connectivity index (χ2n) is 5.24. The van der Waals surface area contributed by atoms with Crippen molar-refractivity contribution >= 4 is 10.8 Å². The molecule has 96 valence electrons. The van der Waals surface area contributed by atoms with Crippen molar-refractivity contribution < 1.29 is 13.2 Å². The summed E-state index contributed by atoms with van der Waals surface area (Å²) in [6.45, 7) is 5.70. The molecule has 0 spiro atoms. The van der Waals surface area contributed by atoms with Crippen molar-refractivity contribution in [2.75, 3.05) is 0 Å². The maximum absolute atomic E-state index is 12.7. The molecule has 0 N–H and O–H groups in total. The van der Waals surface area contributed by atoms with Gasteiger partial charge in [-0.05, 0) is 12.1 Å². The number of aromatic nitrogens is 2. The van der Waals surface area contributed by atoms with Gasteiger partial charge >= 0.3 is 6.18 Å². The van der Waals surface area contributed by atoms with Crippen LogP contribution in [-0.2, 0) is 11.6 Å². The molecule has 0 fully saturated rings. The standard InChI is InChI=1S/C13H13F3N2/c1-12(2,3)11-10-6-9(13(14,15)16)5-4-8(10)7-17-18-11/h4-7H,1-3H3. The molecule has 0 atom stereocenters. The molecule has 2 aromatic rings. The van der Waals surface area contributed by atoms with E-state index in [2.05, 4.69) is 10.2 Å². The van der Waals surface area contributed by atoms with Gasteiger partial charge in [0, 0.05) is 16.2 Å². The van der Waals surface area contributed by atoms with Gasteiger partial charge in [-0.2, -0.15) is 23.4 Å². The van der Waals surface area contributed by atoms with Crippen LogP contribution in [0.2, 0.25) is 0 Å². The Morgan fingerprint density at radius 3 is 2.28 bits per heavy atom. The molecule has 0 saturated carbocycles. The number of fused-ring (bicyclic) bond motifs is 1. The van der Waals surface area contributed by atoms with Crippen LogP contribution in [0.3, 0.4) is 0 Å². The molecule has 0 bridgehead atoms. The maximum Gasteiger partial charge on any atom is 0.416 e. The van der Waals surface area contributed by atoms with E-state index in [1.54, 1.807) is 0 Å². The first kappa shape index (κ1) is 12.8. The molecule has 5 heteroatoms. The van der Waals surface area contributed by atoms with Crippen molar-refractivity contribution in [1.82, 2.24) is 10.2 Å². The second-order valence-corrected chi connectivity index (χ2v) is 5.24. The molecular formula is C13H13F3N2. The van der Waals surface area contributed by atoms with E-state index >= 15 is 0 Å². The minimum atomic E-state index is -4.34. The minimum Gasteiger partial charge on any atom is -0.166 e. The van der Waals surface area contributed by atoms with Crippen molar-refractivity contribution in [3.05, 3.63) is 35.7 Å². The lowest BCUT2D eigenvalue weighted by molar-refractivity contribution is -0.137. The van der Waals surface area contributed by atoms with E-state index < -0.39 is 11.7 Å². The molecule has 0 aliphatic rings. The third kappa shape index (κ3) is 2.30. The van der Waals surface area contributed by atoms with Gasteiger partial charge in [-0.3, -0.25) is 0 Å². The van der Waals surface area contributed by atoms with E-state index in [1.807, 2.05) is 20.8 Å². The molecule has 0 saturated heterocycles. The summed E-state index contributed by atoms with van der Waals surface area (Å²) in [5.74, 6) is 0. The van der Waals surface area contributed by atoms with Gasteiger partial charge in [-0.15, -0.1) is 0 Å². The summed E-state index contributed by atoms with van der Waals surface area (Å²) >= 11 is 0. The average molecular weight is 254 g/mol. The Labute approximate surface area is 103 Å². The van der Waals surface area contributed by atoms with E-state index in [4.69, 9.17) is 0 Å². The summed E-state index contributed by atoms with van der Waals surface area (Å²) in [6.07, 6.45) is -2.86. The molecule has 18 heavy (non-hydrogen) atoms. The Kier molecular flexibility index (Phi) is 2.80. The van der Waals surface area contributed by atoms with E-state index in [0.717, 1.165) is 12.1 Å². The van der Waals surface area contributed by atoms with Gasteiger partial charge in [-0.1, -0.05) is 26.8 Å². The third-order valence-corrected chi connectivity index (χ3v) is 2.70. The first-order valence-electron chi connectivity index (χ1n) is 5.53. The van der Waals surface area contributed by atoms with E-state index in [1.165, 1.54) is 12.3 Å². The lowest BCUT2D eigenvalue weighted by Crippen LogP contribution is -2.15. The molecule has 1 aromatic carbocycles. The van der Waals surface area contributed by atoms with Crippen LogP contribution in [-0.4, -0.2) is 10.2 Å². The Hall–Kier alpha value is -1.65. The van der Waals surface area contributed by atoms with Gasteiger partial charge in [0.2, 0.25) is 0 Å². The first-order chi connectivity index (χ1) is 8.19. The lowest BCUT2D eigenvalue weighted by atomic mass is 9.88. The molecule has 0 radical (unpaired) electrons. The van der Waals surface area contributed by atoms with Crippen molar-refractivity contribution in [1.29, 1.82) is 0 Å². The van der Waals surface area contributed by atoms with Crippen molar-refractivity contribution in [2.45, 2.75) is 32.4 Å². The molecule has 1 aromatic heterocycles. The summed E-state index contributed by atoms with van der Waals surface area (Å²) in [7, 11) is 0. The number of rotatable bonds is 0. The van der Waals surface area contributed by atoms with Gasteiger partial charge < -0.3 is 0 Å². The number of nitrogens with zero attached hydrogens (tertiary/aromatic N) is 2. The zero-order chi connectivity index (χ0) is 13.6. The monoisotopic (exact) mass is 254 g/mol. The summed E-state index contributed by atoms with van der Waals surface area (Å²) < 4.78 is 38.1. The molecule has 1 heterocycles. The van der Waals surface area contributed by atoms with Crippen LogP contribution in [0.5, 0.6) is 0 Å². The van der Waals surface area contributed by atoms with Gasteiger partial charge in [0.15, 0.2) is 0 Å². The number of hydrogen-bond acceptors (Lipinski definition) is 2. The van der Waals surface area contributed by atoms with E-state index in [-0.39, 0.29) is 5.41 Å². The smallest absolute Gasteiger partial charge is 0.166 e. The third-order valence-electron chi connectivity index (χ3n) is 2.70. The fourth-order valence-electron chi connectivity index (χ4n) is 1.81. The Balaban J connectivity index is 2.74. The SMILES string of the molecule is CC(C)(C)c1nncc2ccc(C(F)(F)F)cc12. The summed E-state index contributed by atoms with van der Waals surface area (Å²) in [5, 5.41) is 9.00.